The van der Waals surface area contributed by atoms with E-state index in [1.54, 1.807) is 37.4 Å². The summed E-state index contributed by atoms with van der Waals surface area (Å²) < 4.78 is 19.9. The molecule has 0 saturated carbocycles. The number of ether oxygens (including phenoxy) is 1. The van der Waals surface area contributed by atoms with Crippen LogP contribution in [0.1, 0.15) is 22.7 Å². The molecule has 0 aliphatic carbocycles. The van der Waals surface area contributed by atoms with E-state index in [4.69, 9.17) is 10.5 Å². The maximum Gasteiger partial charge on any atom is 0.257 e. The zero-order valence-corrected chi connectivity index (χ0v) is 14.6. The normalized spacial score (nSPS) is 15.7. The molecule has 138 valence electrons. The van der Waals surface area contributed by atoms with Crippen molar-refractivity contribution in [3.63, 3.8) is 0 Å². The number of hydrogen-bond donors (Lipinski definition) is 2. The van der Waals surface area contributed by atoms with Crippen molar-refractivity contribution in [1.29, 1.82) is 0 Å². The van der Waals surface area contributed by atoms with Gasteiger partial charge in [0.15, 0.2) is 5.82 Å². The number of hydrogen-bond acceptors (Lipinski definition) is 6. The lowest BCUT2D eigenvalue weighted by molar-refractivity contribution is 0.0859. The molecule has 1 aromatic heterocycles. The molecular formula is C19H18FN5O2. The van der Waals surface area contributed by atoms with Crippen LogP contribution in [0.3, 0.4) is 0 Å². The second kappa shape index (κ2) is 6.71. The highest BCUT2D eigenvalue weighted by atomic mass is 19.1. The lowest BCUT2D eigenvalue weighted by atomic mass is 9.90. The smallest absolute Gasteiger partial charge is 0.257 e. The zero-order valence-electron chi connectivity index (χ0n) is 14.6. The summed E-state index contributed by atoms with van der Waals surface area (Å²) in [6, 6.07) is 11.5. The van der Waals surface area contributed by atoms with Crippen LogP contribution in [0.25, 0.3) is 11.4 Å². The van der Waals surface area contributed by atoms with Crippen LogP contribution < -0.4 is 15.8 Å². The van der Waals surface area contributed by atoms with E-state index in [1.165, 1.54) is 12.1 Å². The fourth-order valence-corrected chi connectivity index (χ4v) is 3.24. The Kier molecular flexibility index (Phi) is 4.23. The van der Waals surface area contributed by atoms with E-state index in [2.05, 4.69) is 15.4 Å². The van der Waals surface area contributed by atoms with E-state index in [9.17, 15) is 9.18 Å². The van der Waals surface area contributed by atoms with E-state index >= 15 is 0 Å². The molecule has 1 unspecified atom stereocenters. The number of anilines is 2. The maximum absolute atomic E-state index is 13.7. The number of fused-ring (bicyclic) bond motifs is 1. The van der Waals surface area contributed by atoms with Gasteiger partial charge in [0.2, 0.25) is 5.95 Å². The average molecular weight is 367 g/mol. The minimum atomic E-state index is -0.537. The van der Waals surface area contributed by atoms with E-state index in [1.807, 2.05) is 0 Å². The average Bonchev–Trinajstić information content (AvgIpc) is 3.08. The fraction of sp³-hybridized carbons (Fsp3) is 0.211. The number of benzene rings is 2. The van der Waals surface area contributed by atoms with Crippen molar-refractivity contribution in [2.75, 3.05) is 24.7 Å². The highest BCUT2D eigenvalue weighted by molar-refractivity contribution is 5.89. The summed E-state index contributed by atoms with van der Waals surface area (Å²) in [6.45, 7) is 0.606. The third-order valence-electron chi connectivity index (χ3n) is 4.62. The van der Waals surface area contributed by atoms with Gasteiger partial charge in [-0.15, -0.1) is 5.10 Å². The monoisotopic (exact) mass is 367 g/mol. The summed E-state index contributed by atoms with van der Waals surface area (Å²) in [5, 5.41) is 7.46. The van der Waals surface area contributed by atoms with Gasteiger partial charge in [-0.05, 0) is 54.4 Å². The Balaban J connectivity index is 1.67. The van der Waals surface area contributed by atoms with Crippen LogP contribution in [0.2, 0.25) is 0 Å². The van der Waals surface area contributed by atoms with Crippen LogP contribution in [0.4, 0.5) is 16.0 Å². The van der Waals surface area contributed by atoms with E-state index in [0.29, 0.717) is 35.7 Å². The van der Waals surface area contributed by atoms with Crippen LogP contribution >= 0.6 is 0 Å². The number of aromatic nitrogens is 3. The van der Waals surface area contributed by atoms with Gasteiger partial charge in [-0.1, -0.05) is 0 Å². The molecule has 1 aliphatic rings. The van der Waals surface area contributed by atoms with Crippen molar-refractivity contribution >= 4 is 17.5 Å². The van der Waals surface area contributed by atoms with Crippen molar-refractivity contribution in [3.8, 4) is 17.1 Å². The molecule has 2 aromatic carbocycles. The van der Waals surface area contributed by atoms with Gasteiger partial charge in [0.05, 0.1) is 13.0 Å². The summed E-state index contributed by atoms with van der Waals surface area (Å²) >= 11 is 0. The fourth-order valence-electron chi connectivity index (χ4n) is 3.24. The molecule has 3 N–H and O–H groups in total. The third kappa shape index (κ3) is 3.10. The maximum atomic E-state index is 13.7. The highest BCUT2D eigenvalue weighted by Gasteiger charge is 2.30. The van der Waals surface area contributed by atoms with Gasteiger partial charge in [0.25, 0.3) is 5.91 Å². The van der Waals surface area contributed by atoms with Gasteiger partial charge >= 0.3 is 0 Å². The number of nitrogens with zero attached hydrogens (tertiary/aromatic N) is 3. The number of nitrogen functional groups attached to an aromatic ring is 1. The molecular weight excluding hydrogens is 349 g/mol. The highest BCUT2D eigenvalue weighted by Crippen LogP contribution is 2.33. The number of nitrogens with one attached hydrogen (secondary N) is 1. The quantitative estimate of drug-likeness (QED) is 0.739. The molecule has 1 atom stereocenters. The Labute approximate surface area is 155 Å². The Morgan fingerprint density at radius 3 is 2.81 bits per heavy atom. The molecule has 3 aromatic rings. The van der Waals surface area contributed by atoms with Gasteiger partial charge in [-0.25, -0.2) is 4.39 Å². The minimum absolute atomic E-state index is 0.00213. The minimum Gasteiger partial charge on any atom is -0.497 e. The van der Waals surface area contributed by atoms with Gasteiger partial charge in [-0.3, -0.25) is 4.79 Å². The SMILES string of the molecule is COc1ccc(-c2nc(N)n(C(=O)C3CCNc4ccc(F)cc43)n2)cc1. The summed E-state index contributed by atoms with van der Waals surface area (Å²) in [4.78, 5) is 17.3. The number of nitrogens with two attached hydrogens (primary N) is 1. The first-order valence-corrected chi connectivity index (χ1v) is 8.51. The molecule has 1 aliphatic heterocycles. The third-order valence-corrected chi connectivity index (χ3v) is 4.62. The van der Waals surface area contributed by atoms with Crippen LogP contribution in [0.5, 0.6) is 5.75 Å². The topological polar surface area (TPSA) is 95.1 Å². The van der Waals surface area contributed by atoms with Crippen LogP contribution in [-0.4, -0.2) is 34.3 Å². The van der Waals surface area contributed by atoms with E-state index in [0.717, 1.165) is 10.4 Å². The summed E-state index contributed by atoms with van der Waals surface area (Å²) in [7, 11) is 1.58. The van der Waals surface area contributed by atoms with Gasteiger partial charge in [-0.2, -0.15) is 9.67 Å². The molecule has 0 radical (unpaired) electrons. The number of halogens is 1. The van der Waals surface area contributed by atoms with Crippen LogP contribution in [0, 0.1) is 5.82 Å². The summed E-state index contributed by atoms with van der Waals surface area (Å²) in [6.07, 6.45) is 0.520. The second-order valence-electron chi connectivity index (χ2n) is 6.27. The standard InChI is InChI=1S/C19H18FN5O2/c1-27-13-5-2-11(3-6-13)17-23-19(21)25(24-17)18(26)14-8-9-22-16-7-4-12(20)10-15(14)16/h2-7,10,14,22H,8-9H2,1H3,(H2,21,23,24). The Hall–Kier alpha value is -3.42. The molecule has 0 saturated heterocycles. The number of rotatable bonds is 3. The molecule has 0 amide bonds. The number of methoxy groups -OCH3 is 1. The molecule has 0 spiro atoms. The molecule has 0 fully saturated rings. The second-order valence-corrected chi connectivity index (χ2v) is 6.27. The van der Waals surface area contributed by atoms with Crippen molar-refractivity contribution in [2.45, 2.75) is 12.3 Å². The largest absolute Gasteiger partial charge is 0.497 e. The van der Waals surface area contributed by atoms with Gasteiger partial charge in [0.1, 0.15) is 11.6 Å². The lowest BCUT2D eigenvalue weighted by Gasteiger charge is -2.25. The molecule has 2 heterocycles. The van der Waals surface area contributed by atoms with Crippen LogP contribution in [0.15, 0.2) is 42.5 Å². The molecule has 27 heavy (non-hydrogen) atoms. The van der Waals surface area contributed by atoms with E-state index in [-0.39, 0.29) is 17.7 Å². The first kappa shape index (κ1) is 17.0. The van der Waals surface area contributed by atoms with Crippen molar-refractivity contribution in [1.82, 2.24) is 14.8 Å². The Bertz CT molecular complexity index is 1000. The van der Waals surface area contributed by atoms with E-state index < -0.39 is 5.92 Å². The zero-order chi connectivity index (χ0) is 19.0. The molecule has 7 nitrogen and oxygen atoms in total. The first-order valence-electron chi connectivity index (χ1n) is 8.51. The summed E-state index contributed by atoms with van der Waals surface area (Å²) in [5.74, 6) is -0.201. The van der Waals surface area contributed by atoms with Crippen molar-refractivity contribution in [3.05, 3.63) is 53.8 Å². The lowest BCUT2D eigenvalue weighted by Crippen LogP contribution is -2.28. The molecule has 8 heteroatoms. The Morgan fingerprint density at radius 1 is 1.30 bits per heavy atom. The van der Waals surface area contributed by atoms with Gasteiger partial charge in [0, 0.05) is 17.8 Å². The Morgan fingerprint density at radius 2 is 2.07 bits per heavy atom. The molecule has 4 rings (SSSR count). The van der Waals surface area contributed by atoms with Crippen LogP contribution in [-0.2, 0) is 0 Å². The van der Waals surface area contributed by atoms with Crippen molar-refractivity contribution < 1.29 is 13.9 Å². The number of carbonyl (C=O) groups is 1. The van der Waals surface area contributed by atoms with Gasteiger partial charge < -0.3 is 15.8 Å². The molecule has 0 bridgehead atoms. The predicted octanol–water partition coefficient (Wildman–Crippen LogP) is 2.91. The summed E-state index contributed by atoms with van der Waals surface area (Å²) in [5.41, 5.74) is 8.01. The first-order chi connectivity index (χ1) is 13.1. The predicted molar refractivity (Wildman–Crippen MR) is 99.3 cm³/mol. The van der Waals surface area contributed by atoms with Crippen molar-refractivity contribution in [2.24, 2.45) is 0 Å². The number of carbonyl (C=O) groups excluding carboxylic acids is 1.